The molecule has 1 aromatic rings. The minimum atomic E-state index is -1.11. The van der Waals surface area contributed by atoms with Crippen LogP contribution in [0.15, 0.2) is 46.4 Å². The first-order valence-electron chi connectivity index (χ1n) is 11.5. The van der Waals surface area contributed by atoms with Crippen LogP contribution in [0.1, 0.15) is 18.9 Å². The SMILES string of the molecule is C[C@@H](OC=O)[C@@H]1C2CC(SC=CC(=O)OCCNC(=O)OCc3ccc([N+](=O)[O-])cc3)=C(C(=O)O)[N+]23OC13. The highest BCUT2D eigenvalue weighted by atomic mass is 32.2. The van der Waals surface area contributed by atoms with Crippen LogP contribution in [0.5, 0.6) is 0 Å². The van der Waals surface area contributed by atoms with Gasteiger partial charge in [0.15, 0.2) is 0 Å². The summed E-state index contributed by atoms with van der Waals surface area (Å²) in [6.45, 7) is 1.88. The van der Waals surface area contributed by atoms with Crippen molar-refractivity contribution in [2.45, 2.75) is 38.3 Å². The van der Waals surface area contributed by atoms with Gasteiger partial charge in [-0.1, -0.05) is 16.4 Å². The van der Waals surface area contributed by atoms with Crippen molar-refractivity contribution in [3.63, 3.8) is 0 Å². The highest BCUT2D eigenvalue weighted by Crippen LogP contribution is 2.67. The first-order chi connectivity index (χ1) is 18.2. The molecular formula is C23H24N3O11S+. The van der Waals surface area contributed by atoms with Crippen LogP contribution in [0.2, 0.25) is 0 Å². The third kappa shape index (κ3) is 5.34. The van der Waals surface area contributed by atoms with Crippen LogP contribution in [0, 0.1) is 16.0 Å². The van der Waals surface area contributed by atoms with Gasteiger partial charge in [0.1, 0.15) is 31.3 Å². The van der Waals surface area contributed by atoms with Gasteiger partial charge in [-0.05, 0) is 30.0 Å². The zero-order valence-corrected chi connectivity index (χ0v) is 20.8. The number of nitrogens with zero attached hydrogens (tertiary/aromatic N) is 2. The summed E-state index contributed by atoms with van der Waals surface area (Å²) >= 11 is 1.08. The number of thioether (sulfide) groups is 1. The summed E-state index contributed by atoms with van der Waals surface area (Å²) in [6.07, 6.45) is 0.0377. The van der Waals surface area contributed by atoms with Crippen molar-refractivity contribution in [1.29, 1.82) is 0 Å². The number of benzene rings is 1. The molecule has 5 atom stereocenters. The van der Waals surface area contributed by atoms with E-state index in [9.17, 15) is 34.4 Å². The number of quaternary nitrogens is 1. The van der Waals surface area contributed by atoms with Crippen molar-refractivity contribution in [1.82, 2.24) is 5.32 Å². The van der Waals surface area contributed by atoms with Crippen molar-refractivity contribution >= 4 is 42.0 Å². The number of ether oxygens (including phenoxy) is 3. The van der Waals surface area contributed by atoms with E-state index in [0.717, 1.165) is 17.8 Å². The van der Waals surface area contributed by atoms with E-state index in [1.165, 1.54) is 29.7 Å². The summed E-state index contributed by atoms with van der Waals surface area (Å²) in [4.78, 5) is 62.6. The molecule has 1 spiro atoms. The maximum absolute atomic E-state index is 12.0. The molecule has 3 aliphatic rings. The summed E-state index contributed by atoms with van der Waals surface area (Å²) in [5.41, 5.74) is 0.613. The summed E-state index contributed by atoms with van der Waals surface area (Å²) in [6, 6.07) is 5.37. The summed E-state index contributed by atoms with van der Waals surface area (Å²) in [5.74, 6) is -1.91. The highest BCUT2D eigenvalue weighted by Gasteiger charge is 2.88. The Kier molecular flexibility index (Phi) is 7.99. The lowest BCUT2D eigenvalue weighted by Crippen LogP contribution is -2.58. The molecule has 0 aliphatic carbocycles. The van der Waals surface area contributed by atoms with E-state index in [-0.39, 0.29) is 54.0 Å². The minimum Gasteiger partial charge on any atom is -0.474 e. The summed E-state index contributed by atoms with van der Waals surface area (Å²) < 4.78 is 14.9. The number of nitrogens with one attached hydrogen (secondary N) is 1. The number of carboxylic acids is 1. The van der Waals surface area contributed by atoms with Gasteiger partial charge in [0.25, 0.3) is 24.1 Å². The van der Waals surface area contributed by atoms with Gasteiger partial charge >= 0.3 is 18.0 Å². The molecule has 2 saturated heterocycles. The Hall–Kier alpha value is -3.95. The lowest BCUT2D eigenvalue weighted by molar-refractivity contribution is -0.934. The molecule has 1 amide bonds. The molecule has 0 saturated carbocycles. The molecule has 202 valence electrons. The van der Waals surface area contributed by atoms with Gasteiger partial charge in [0.2, 0.25) is 0 Å². The van der Waals surface area contributed by atoms with Crippen LogP contribution in [0.25, 0.3) is 0 Å². The molecule has 4 rings (SSSR count). The Morgan fingerprint density at radius 2 is 2.05 bits per heavy atom. The zero-order chi connectivity index (χ0) is 27.4. The first kappa shape index (κ1) is 27.1. The Bertz CT molecular complexity index is 1200. The van der Waals surface area contributed by atoms with Gasteiger partial charge in [-0.3, -0.25) is 14.9 Å². The highest BCUT2D eigenvalue weighted by molar-refractivity contribution is 8.05. The van der Waals surface area contributed by atoms with Gasteiger partial charge < -0.3 is 24.6 Å². The van der Waals surface area contributed by atoms with E-state index < -0.39 is 29.1 Å². The van der Waals surface area contributed by atoms with Crippen LogP contribution in [-0.4, -0.2) is 70.7 Å². The fourth-order valence-electron chi connectivity index (χ4n) is 4.72. The Balaban J connectivity index is 1.16. The summed E-state index contributed by atoms with van der Waals surface area (Å²) in [7, 11) is 0. The molecule has 0 aromatic heterocycles. The lowest BCUT2D eigenvalue weighted by Gasteiger charge is -2.34. The van der Waals surface area contributed by atoms with Crippen molar-refractivity contribution < 1.29 is 52.9 Å². The second-order valence-corrected chi connectivity index (χ2v) is 9.58. The second kappa shape index (κ2) is 11.2. The molecule has 1 aromatic carbocycles. The fourth-order valence-corrected chi connectivity index (χ4v) is 5.67. The van der Waals surface area contributed by atoms with E-state index in [0.29, 0.717) is 23.4 Å². The predicted octanol–water partition coefficient (Wildman–Crippen LogP) is 1.96. The van der Waals surface area contributed by atoms with Crippen LogP contribution >= 0.6 is 11.8 Å². The summed E-state index contributed by atoms with van der Waals surface area (Å²) in [5, 5.41) is 24.2. The minimum absolute atomic E-state index is 0.0109. The number of rotatable bonds is 13. The molecule has 38 heavy (non-hydrogen) atoms. The topological polar surface area (TPSA) is 184 Å². The largest absolute Gasteiger partial charge is 0.474 e. The molecule has 3 heterocycles. The first-order valence-corrected chi connectivity index (χ1v) is 12.3. The molecule has 14 nitrogen and oxygen atoms in total. The number of non-ortho nitro benzene ring substituents is 1. The van der Waals surface area contributed by atoms with E-state index >= 15 is 0 Å². The second-order valence-electron chi connectivity index (χ2n) is 8.58. The van der Waals surface area contributed by atoms with Crippen LogP contribution in [0.3, 0.4) is 0 Å². The number of esters is 1. The van der Waals surface area contributed by atoms with E-state index in [1.807, 2.05) is 0 Å². The maximum atomic E-state index is 12.0. The van der Waals surface area contributed by atoms with Crippen molar-refractivity contribution in [3.8, 4) is 0 Å². The molecule has 0 bridgehead atoms. The monoisotopic (exact) mass is 550 g/mol. The Morgan fingerprint density at radius 3 is 2.71 bits per heavy atom. The number of hydroxylamine groups is 3. The number of carbonyl (C=O) groups is 4. The van der Waals surface area contributed by atoms with Crippen LogP contribution in [-0.2, 0) is 40.0 Å². The van der Waals surface area contributed by atoms with Crippen LogP contribution < -0.4 is 5.32 Å². The average molecular weight is 551 g/mol. The number of hydrogen-bond acceptors (Lipinski definition) is 11. The smallest absolute Gasteiger partial charge is 0.407 e. The van der Waals surface area contributed by atoms with Gasteiger partial charge in [0, 0.05) is 24.6 Å². The van der Waals surface area contributed by atoms with Gasteiger partial charge in [-0.25, -0.2) is 14.4 Å². The third-order valence-corrected chi connectivity index (χ3v) is 7.37. The van der Waals surface area contributed by atoms with Gasteiger partial charge in [-0.2, -0.15) is 0 Å². The number of amides is 1. The molecule has 15 heteroatoms. The number of nitro benzene ring substituents is 1. The number of alkyl carbamates (subject to hydrolysis) is 1. The number of hydrogen-bond donors (Lipinski definition) is 2. The van der Waals surface area contributed by atoms with Gasteiger partial charge in [-0.15, -0.1) is 4.84 Å². The maximum Gasteiger partial charge on any atom is 0.407 e. The number of aliphatic carboxylic acids is 1. The van der Waals surface area contributed by atoms with Gasteiger partial charge in [0.05, 0.1) is 16.4 Å². The molecule has 3 unspecified atom stereocenters. The Labute approximate surface area is 219 Å². The zero-order valence-electron chi connectivity index (χ0n) is 20.0. The quantitative estimate of drug-likeness (QED) is 0.0419. The standard InChI is InChI=1S/C23H23N3O11S/c1-13(36-12-27)19-16-10-17(20(22(29)30)26(16)21(19)37-26)38-9-6-18(28)34-8-7-24-23(31)35-11-14-2-4-15(5-3-14)25(32)33/h2-6,9,12-13,16,19,21H,7-8,10-11H2,1H3,(H-,24,29,30,31)/p+1/t13-,16?,19-,21?,26?/m1/s1. The molecular weight excluding hydrogens is 526 g/mol. The third-order valence-electron chi connectivity index (χ3n) is 6.45. The number of nitro groups is 1. The molecule has 0 radical (unpaired) electrons. The van der Waals surface area contributed by atoms with Crippen molar-refractivity contribution in [2.24, 2.45) is 5.92 Å². The average Bonchev–Trinajstić information content (AvgIpc) is 3.41. The van der Waals surface area contributed by atoms with E-state index in [2.05, 4.69) is 5.32 Å². The number of carbonyl (C=O) groups excluding carboxylic acids is 3. The fraction of sp³-hybridized carbons (Fsp3) is 0.391. The van der Waals surface area contributed by atoms with Crippen LogP contribution in [0.4, 0.5) is 10.5 Å². The lowest BCUT2D eigenvalue weighted by atomic mass is 9.84. The molecule has 2 fully saturated rings. The van der Waals surface area contributed by atoms with Crippen molar-refractivity contribution in [2.75, 3.05) is 13.2 Å². The molecule has 3 aliphatic heterocycles. The predicted molar refractivity (Wildman–Crippen MR) is 127 cm³/mol. The number of carboxylic acid groups (broad SMARTS) is 1. The van der Waals surface area contributed by atoms with Crippen molar-refractivity contribution in [3.05, 3.63) is 62.0 Å². The normalized spacial score (nSPS) is 25.4. The van der Waals surface area contributed by atoms with E-state index in [4.69, 9.17) is 19.0 Å². The molecule has 2 N–H and O–H groups in total. The van der Waals surface area contributed by atoms with E-state index in [1.54, 1.807) is 6.92 Å². The Morgan fingerprint density at radius 1 is 1.32 bits per heavy atom.